The second-order valence-corrected chi connectivity index (χ2v) is 8.67. The summed E-state index contributed by atoms with van der Waals surface area (Å²) in [6, 6.07) is 7.96. The molecule has 1 heterocycles. The van der Waals surface area contributed by atoms with Crippen molar-refractivity contribution < 1.29 is 14.7 Å². The van der Waals surface area contributed by atoms with Gasteiger partial charge in [-0.2, -0.15) is 5.10 Å². The van der Waals surface area contributed by atoms with Gasteiger partial charge in [-0.3, -0.25) is 9.59 Å². The highest BCUT2D eigenvalue weighted by atomic mass is 33.1. The van der Waals surface area contributed by atoms with Crippen LogP contribution in [0.4, 0.5) is 0 Å². The molecule has 0 aliphatic rings. The van der Waals surface area contributed by atoms with Gasteiger partial charge in [0.15, 0.2) is 5.69 Å². The summed E-state index contributed by atoms with van der Waals surface area (Å²) in [5, 5.41) is 15.8. The lowest BCUT2D eigenvalue weighted by molar-refractivity contribution is -0.136. The lowest BCUT2D eigenvalue weighted by Gasteiger charge is -2.07. The minimum Gasteiger partial charge on any atom is -0.481 e. The number of carboxylic acids is 1. The first-order valence-electron chi connectivity index (χ1n) is 8.26. The van der Waals surface area contributed by atoms with Crippen LogP contribution >= 0.6 is 21.6 Å². The predicted molar refractivity (Wildman–Crippen MR) is 107 cm³/mol. The van der Waals surface area contributed by atoms with E-state index in [0.717, 1.165) is 22.5 Å². The molecular weight excluding hydrogens is 370 g/mol. The number of nitrogens with zero attached hydrogens (tertiary/aromatic N) is 2. The van der Waals surface area contributed by atoms with E-state index < -0.39 is 5.97 Å². The zero-order chi connectivity index (χ0) is 19.1. The van der Waals surface area contributed by atoms with Crippen LogP contribution in [0, 0.1) is 20.8 Å². The van der Waals surface area contributed by atoms with E-state index in [1.54, 1.807) is 21.5 Å². The SMILES string of the molecule is Cc1cc(C)cc(-n2nc(C(=O)NCCSSCCC(=O)O)cc2C)c1. The topological polar surface area (TPSA) is 84.2 Å². The number of aromatic nitrogens is 2. The van der Waals surface area contributed by atoms with Crippen LogP contribution in [0.2, 0.25) is 0 Å². The molecule has 1 aromatic heterocycles. The van der Waals surface area contributed by atoms with Gasteiger partial charge in [-0.1, -0.05) is 27.7 Å². The molecule has 26 heavy (non-hydrogen) atoms. The van der Waals surface area contributed by atoms with Crippen LogP contribution in [0.15, 0.2) is 24.3 Å². The Bertz CT molecular complexity index is 770. The summed E-state index contributed by atoms with van der Waals surface area (Å²) in [6.45, 7) is 6.51. The van der Waals surface area contributed by atoms with E-state index in [2.05, 4.69) is 16.5 Å². The Labute approximate surface area is 161 Å². The molecule has 0 fully saturated rings. The first-order valence-corrected chi connectivity index (χ1v) is 10.8. The summed E-state index contributed by atoms with van der Waals surface area (Å²) in [5.74, 6) is 0.286. The van der Waals surface area contributed by atoms with E-state index in [4.69, 9.17) is 5.11 Å². The molecule has 0 saturated heterocycles. The average molecular weight is 394 g/mol. The van der Waals surface area contributed by atoms with Crippen LogP contribution in [0.1, 0.15) is 33.7 Å². The van der Waals surface area contributed by atoms with Gasteiger partial charge in [0.05, 0.1) is 12.1 Å². The number of amides is 1. The molecule has 8 heteroatoms. The molecule has 0 unspecified atom stereocenters. The molecule has 0 saturated carbocycles. The van der Waals surface area contributed by atoms with E-state index in [1.807, 2.05) is 32.9 Å². The average Bonchev–Trinajstić information content (AvgIpc) is 2.94. The van der Waals surface area contributed by atoms with Gasteiger partial charge in [0.2, 0.25) is 0 Å². The second-order valence-electron chi connectivity index (χ2n) is 5.97. The number of carbonyl (C=O) groups excluding carboxylic acids is 1. The molecule has 2 rings (SSSR count). The minimum absolute atomic E-state index is 0.152. The lowest BCUT2D eigenvalue weighted by Crippen LogP contribution is -2.26. The second kappa shape index (κ2) is 9.68. The molecule has 1 amide bonds. The molecule has 0 radical (unpaired) electrons. The fourth-order valence-electron chi connectivity index (χ4n) is 2.46. The molecule has 6 nitrogen and oxygen atoms in total. The highest BCUT2D eigenvalue weighted by Crippen LogP contribution is 2.21. The van der Waals surface area contributed by atoms with Gasteiger partial charge in [0.25, 0.3) is 5.91 Å². The van der Waals surface area contributed by atoms with Gasteiger partial charge in [-0.15, -0.1) is 0 Å². The zero-order valence-corrected chi connectivity index (χ0v) is 16.7. The fraction of sp³-hybridized carbons (Fsp3) is 0.389. The Morgan fingerprint density at radius 3 is 2.38 bits per heavy atom. The van der Waals surface area contributed by atoms with Crippen molar-refractivity contribution in [1.82, 2.24) is 15.1 Å². The Hall–Kier alpha value is -1.93. The molecule has 1 aromatic carbocycles. The third-order valence-electron chi connectivity index (χ3n) is 3.52. The molecule has 2 N–H and O–H groups in total. The molecule has 0 bridgehead atoms. The summed E-state index contributed by atoms with van der Waals surface area (Å²) in [6.07, 6.45) is 0.152. The maximum Gasteiger partial charge on any atom is 0.304 e. The Morgan fingerprint density at radius 2 is 1.73 bits per heavy atom. The summed E-state index contributed by atoms with van der Waals surface area (Å²) in [5.41, 5.74) is 4.55. The number of aryl methyl sites for hydroxylation is 3. The molecule has 2 aromatic rings. The highest BCUT2D eigenvalue weighted by molar-refractivity contribution is 8.76. The maximum atomic E-state index is 12.3. The Morgan fingerprint density at radius 1 is 1.08 bits per heavy atom. The first-order chi connectivity index (χ1) is 12.4. The number of nitrogens with one attached hydrogen (secondary N) is 1. The lowest BCUT2D eigenvalue weighted by atomic mass is 10.1. The van der Waals surface area contributed by atoms with Gasteiger partial charge in [-0.25, -0.2) is 4.68 Å². The molecule has 140 valence electrons. The third kappa shape index (κ3) is 6.10. The summed E-state index contributed by atoms with van der Waals surface area (Å²) < 4.78 is 1.78. The third-order valence-corrected chi connectivity index (χ3v) is 5.93. The van der Waals surface area contributed by atoms with Gasteiger partial charge >= 0.3 is 5.97 Å². The number of hydrogen-bond donors (Lipinski definition) is 2. The van der Waals surface area contributed by atoms with Crippen LogP contribution in [-0.4, -0.2) is 44.8 Å². The van der Waals surface area contributed by atoms with Crippen molar-refractivity contribution in [3.05, 3.63) is 46.8 Å². The summed E-state index contributed by atoms with van der Waals surface area (Å²) in [7, 11) is 3.05. The molecule has 0 aliphatic carbocycles. The number of aliphatic carboxylic acids is 1. The van der Waals surface area contributed by atoms with Gasteiger partial charge < -0.3 is 10.4 Å². The van der Waals surface area contributed by atoms with Crippen molar-refractivity contribution in [3.8, 4) is 5.69 Å². The molecule has 0 spiro atoms. The van der Waals surface area contributed by atoms with Crippen LogP contribution in [-0.2, 0) is 4.79 Å². The Balaban J connectivity index is 1.87. The molecular formula is C18H23N3O3S2. The minimum atomic E-state index is -0.791. The van der Waals surface area contributed by atoms with E-state index in [9.17, 15) is 9.59 Å². The fourth-order valence-corrected chi connectivity index (χ4v) is 4.35. The van der Waals surface area contributed by atoms with Gasteiger partial charge in [0, 0.05) is 23.7 Å². The number of carbonyl (C=O) groups is 2. The summed E-state index contributed by atoms with van der Waals surface area (Å²) in [4.78, 5) is 22.7. The van der Waals surface area contributed by atoms with Crippen molar-refractivity contribution in [3.63, 3.8) is 0 Å². The number of carboxylic acid groups (broad SMARTS) is 1. The summed E-state index contributed by atoms with van der Waals surface area (Å²) >= 11 is 0. The zero-order valence-electron chi connectivity index (χ0n) is 15.1. The predicted octanol–water partition coefficient (Wildman–Crippen LogP) is 3.38. The monoisotopic (exact) mass is 393 g/mol. The van der Waals surface area contributed by atoms with Gasteiger partial charge in [-0.05, 0) is 50.1 Å². The first kappa shape index (κ1) is 20.4. The Kier molecular flexibility index (Phi) is 7.59. The van der Waals surface area contributed by atoms with Crippen molar-refractivity contribution in [1.29, 1.82) is 0 Å². The van der Waals surface area contributed by atoms with E-state index in [1.165, 1.54) is 10.8 Å². The van der Waals surface area contributed by atoms with Crippen LogP contribution in [0.3, 0.4) is 0 Å². The van der Waals surface area contributed by atoms with Gasteiger partial charge in [0.1, 0.15) is 0 Å². The van der Waals surface area contributed by atoms with Crippen molar-refractivity contribution >= 4 is 33.5 Å². The number of benzene rings is 1. The van der Waals surface area contributed by atoms with Crippen LogP contribution in [0.5, 0.6) is 0 Å². The largest absolute Gasteiger partial charge is 0.481 e. The van der Waals surface area contributed by atoms with Crippen LogP contribution < -0.4 is 5.32 Å². The maximum absolute atomic E-state index is 12.3. The van der Waals surface area contributed by atoms with Crippen molar-refractivity contribution in [2.45, 2.75) is 27.2 Å². The van der Waals surface area contributed by atoms with Crippen LogP contribution in [0.25, 0.3) is 5.69 Å². The number of hydrogen-bond acceptors (Lipinski definition) is 5. The highest BCUT2D eigenvalue weighted by Gasteiger charge is 2.13. The van der Waals surface area contributed by atoms with E-state index in [-0.39, 0.29) is 12.3 Å². The normalized spacial score (nSPS) is 10.7. The quantitative estimate of drug-likeness (QED) is 0.502. The molecule has 0 atom stereocenters. The van der Waals surface area contributed by atoms with E-state index >= 15 is 0 Å². The standard InChI is InChI=1S/C18H23N3O3S2/c1-12-8-13(2)10-15(9-12)21-14(3)11-16(20-21)18(24)19-5-7-26-25-6-4-17(22)23/h8-11H,4-7H2,1-3H3,(H,19,24)(H,22,23). The van der Waals surface area contributed by atoms with Crippen molar-refractivity contribution in [2.75, 3.05) is 18.1 Å². The van der Waals surface area contributed by atoms with Crippen molar-refractivity contribution in [2.24, 2.45) is 0 Å². The smallest absolute Gasteiger partial charge is 0.304 e. The number of rotatable bonds is 9. The van der Waals surface area contributed by atoms with E-state index in [0.29, 0.717) is 23.7 Å². The molecule has 0 aliphatic heterocycles.